The normalized spacial score (nSPS) is 10.7. The van der Waals surface area contributed by atoms with Gasteiger partial charge >= 0.3 is 5.63 Å². The number of carbonyl (C=O) groups is 1. The summed E-state index contributed by atoms with van der Waals surface area (Å²) in [6.07, 6.45) is 0.711. The van der Waals surface area contributed by atoms with E-state index in [1.807, 2.05) is 66.5 Å². The topological polar surface area (TPSA) is 82.8 Å². The lowest BCUT2D eigenvalue weighted by Gasteiger charge is -2.21. The van der Waals surface area contributed by atoms with Gasteiger partial charge in [0.2, 0.25) is 0 Å². The van der Waals surface area contributed by atoms with Crippen LogP contribution >= 0.6 is 0 Å². The maximum atomic E-state index is 12.0. The molecule has 4 aromatic rings. The number of nitrogens with one attached hydrogen (secondary N) is 1. The van der Waals surface area contributed by atoms with Gasteiger partial charge in [-0.1, -0.05) is 36.4 Å². The van der Waals surface area contributed by atoms with E-state index < -0.39 is 5.91 Å². The average Bonchev–Trinajstić information content (AvgIpc) is 2.78. The Labute approximate surface area is 173 Å². The molecule has 6 heteroatoms. The Morgan fingerprint density at radius 2 is 1.60 bits per heavy atom. The molecular weight excluding hydrogens is 380 g/mol. The Balaban J connectivity index is 1.55. The summed E-state index contributed by atoms with van der Waals surface area (Å²) in [6.45, 7) is 0. The summed E-state index contributed by atoms with van der Waals surface area (Å²) >= 11 is 0. The molecule has 0 aliphatic heterocycles. The molecule has 4 rings (SSSR count). The van der Waals surface area contributed by atoms with Crippen molar-refractivity contribution in [2.45, 2.75) is 6.42 Å². The first-order valence-electron chi connectivity index (χ1n) is 9.44. The van der Waals surface area contributed by atoms with E-state index in [0.717, 1.165) is 27.9 Å². The molecule has 0 aliphatic rings. The quantitative estimate of drug-likeness (QED) is 0.297. The van der Waals surface area contributed by atoms with Gasteiger partial charge in [0.05, 0.1) is 5.69 Å². The minimum Gasteiger partial charge on any atom is -0.423 e. The lowest BCUT2D eigenvalue weighted by molar-refractivity contribution is 0.0706. The van der Waals surface area contributed by atoms with Crippen LogP contribution in [0.3, 0.4) is 0 Å². The molecule has 3 aromatic carbocycles. The monoisotopic (exact) mass is 400 g/mol. The highest BCUT2D eigenvalue weighted by molar-refractivity contribution is 5.93. The van der Waals surface area contributed by atoms with Crippen molar-refractivity contribution in [2.24, 2.45) is 0 Å². The lowest BCUT2D eigenvalue weighted by Crippen LogP contribution is -2.18. The van der Waals surface area contributed by atoms with E-state index in [9.17, 15) is 9.59 Å². The van der Waals surface area contributed by atoms with Crippen molar-refractivity contribution in [1.82, 2.24) is 5.48 Å². The van der Waals surface area contributed by atoms with Gasteiger partial charge in [-0.2, -0.15) is 0 Å². The van der Waals surface area contributed by atoms with Crippen LogP contribution in [0.5, 0.6) is 0 Å². The Morgan fingerprint density at radius 1 is 0.967 bits per heavy atom. The highest BCUT2D eigenvalue weighted by Crippen LogP contribution is 2.30. The van der Waals surface area contributed by atoms with Crippen molar-refractivity contribution in [2.75, 3.05) is 11.9 Å². The van der Waals surface area contributed by atoms with Crippen LogP contribution in [0.1, 0.15) is 21.5 Å². The molecule has 0 saturated carbocycles. The zero-order valence-corrected chi connectivity index (χ0v) is 16.3. The van der Waals surface area contributed by atoms with E-state index in [1.54, 1.807) is 23.7 Å². The Kier molecular flexibility index (Phi) is 5.32. The molecule has 0 radical (unpaired) electrons. The molecule has 0 fully saturated rings. The van der Waals surface area contributed by atoms with E-state index in [-0.39, 0.29) is 5.63 Å². The number of amides is 1. The van der Waals surface area contributed by atoms with Gasteiger partial charge in [0.25, 0.3) is 5.91 Å². The number of fused-ring (bicyclic) bond motifs is 1. The fourth-order valence-corrected chi connectivity index (χ4v) is 3.42. The molecule has 0 saturated heterocycles. The van der Waals surface area contributed by atoms with Crippen molar-refractivity contribution in [3.8, 4) is 0 Å². The van der Waals surface area contributed by atoms with Crippen molar-refractivity contribution >= 4 is 28.3 Å². The average molecular weight is 400 g/mol. The molecule has 0 bridgehead atoms. The second-order valence-electron chi connectivity index (χ2n) is 6.99. The minimum absolute atomic E-state index is 0.384. The number of carbonyl (C=O) groups excluding carboxylic acids is 1. The summed E-state index contributed by atoms with van der Waals surface area (Å²) in [6, 6.07) is 24.1. The van der Waals surface area contributed by atoms with Crippen LogP contribution in [-0.4, -0.2) is 18.2 Å². The Morgan fingerprint density at radius 3 is 2.27 bits per heavy atom. The van der Waals surface area contributed by atoms with Gasteiger partial charge in [-0.25, -0.2) is 10.3 Å². The molecule has 0 aliphatic carbocycles. The fourth-order valence-electron chi connectivity index (χ4n) is 3.42. The fraction of sp³-hybridized carbons (Fsp3) is 0.0833. The molecule has 0 unspecified atom stereocenters. The lowest BCUT2D eigenvalue weighted by atomic mass is 10.0. The molecule has 0 atom stereocenters. The SMILES string of the molecule is CN(c1ccc(Cc2ccc(C(=O)NO)cc2)cc1)c1cc(=O)oc2ccccc12. The van der Waals surface area contributed by atoms with Crippen LogP contribution in [0.25, 0.3) is 11.0 Å². The molecule has 1 amide bonds. The molecule has 6 nitrogen and oxygen atoms in total. The summed E-state index contributed by atoms with van der Waals surface area (Å²) in [4.78, 5) is 25.3. The second-order valence-corrected chi connectivity index (χ2v) is 6.99. The van der Waals surface area contributed by atoms with Crippen molar-refractivity contribution in [3.05, 3.63) is 106 Å². The van der Waals surface area contributed by atoms with Gasteiger partial charge < -0.3 is 9.32 Å². The van der Waals surface area contributed by atoms with Crippen LogP contribution in [0, 0.1) is 0 Å². The van der Waals surface area contributed by atoms with Crippen LogP contribution in [0.2, 0.25) is 0 Å². The zero-order chi connectivity index (χ0) is 21.1. The van der Waals surface area contributed by atoms with Gasteiger partial charge in [0, 0.05) is 29.8 Å². The second kappa shape index (κ2) is 8.23. The van der Waals surface area contributed by atoms with Gasteiger partial charge in [-0.3, -0.25) is 10.0 Å². The van der Waals surface area contributed by atoms with Crippen molar-refractivity contribution < 1.29 is 14.4 Å². The number of anilines is 2. The van der Waals surface area contributed by atoms with E-state index in [2.05, 4.69) is 0 Å². The summed E-state index contributed by atoms with van der Waals surface area (Å²) < 4.78 is 5.28. The van der Waals surface area contributed by atoms with Gasteiger partial charge in [0.1, 0.15) is 5.58 Å². The third-order valence-electron chi connectivity index (χ3n) is 5.04. The maximum absolute atomic E-state index is 12.0. The molecule has 2 N–H and O–H groups in total. The molecule has 150 valence electrons. The largest absolute Gasteiger partial charge is 0.423 e. The third kappa shape index (κ3) is 3.94. The number of hydrogen-bond donors (Lipinski definition) is 2. The molecule has 1 aromatic heterocycles. The summed E-state index contributed by atoms with van der Waals surface area (Å²) in [5.74, 6) is -0.531. The Bertz CT molecular complexity index is 1240. The highest BCUT2D eigenvalue weighted by Gasteiger charge is 2.11. The predicted octanol–water partition coefficient (Wildman–Crippen LogP) is 4.27. The zero-order valence-electron chi connectivity index (χ0n) is 16.3. The summed E-state index contributed by atoms with van der Waals surface area (Å²) in [5, 5.41) is 9.56. The van der Waals surface area contributed by atoms with E-state index in [0.29, 0.717) is 17.6 Å². The van der Waals surface area contributed by atoms with Crippen molar-refractivity contribution in [3.63, 3.8) is 0 Å². The van der Waals surface area contributed by atoms with Crippen LogP contribution in [0.15, 0.2) is 88.1 Å². The smallest absolute Gasteiger partial charge is 0.338 e. The number of hydrogen-bond acceptors (Lipinski definition) is 5. The maximum Gasteiger partial charge on any atom is 0.338 e. The molecular formula is C24H20N2O4. The number of nitrogens with zero attached hydrogens (tertiary/aromatic N) is 1. The standard InChI is InChI=1S/C24H20N2O4/c1-26(21-15-23(27)30-22-5-3-2-4-20(21)22)19-12-8-17(9-13-19)14-16-6-10-18(11-7-16)24(28)25-29/h2-13,15,29H,14H2,1H3,(H,25,28). The number of hydroxylamine groups is 1. The van der Waals surface area contributed by atoms with Crippen molar-refractivity contribution in [1.29, 1.82) is 0 Å². The molecule has 1 heterocycles. The minimum atomic E-state index is -0.531. The number of para-hydroxylation sites is 1. The first-order valence-corrected chi connectivity index (χ1v) is 9.44. The summed E-state index contributed by atoms with van der Waals surface area (Å²) in [5.41, 5.74) is 6.10. The summed E-state index contributed by atoms with van der Waals surface area (Å²) in [7, 11) is 1.92. The third-order valence-corrected chi connectivity index (χ3v) is 5.04. The van der Waals surface area contributed by atoms with E-state index in [4.69, 9.17) is 9.62 Å². The van der Waals surface area contributed by atoms with Crippen LogP contribution in [-0.2, 0) is 6.42 Å². The first kappa shape index (κ1) is 19.4. The highest BCUT2D eigenvalue weighted by atomic mass is 16.5. The van der Waals surface area contributed by atoms with Gasteiger partial charge in [-0.05, 0) is 53.9 Å². The van der Waals surface area contributed by atoms with Crippen LogP contribution < -0.4 is 16.0 Å². The van der Waals surface area contributed by atoms with E-state index in [1.165, 1.54) is 6.07 Å². The van der Waals surface area contributed by atoms with Gasteiger partial charge in [-0.15, -0.1) is 0 Å². The predicted molar refractivity (Wildman–Crippen MR) is 115 cm³/mol. The van der Waals surface area contributed by atoms with E-state index >= 15 is 0 Å². The molecule has 30 heavy (non-hydrogen) atoms. The Hall–Kier alpha value is -3.90. The van der Waals surface area contributed by atoms with Crippen LogP contribution in [0.4, 0.5) is 11.4 Å². The first-order chi connectivity index (χ1) is 14.5. The number of rotatable bonds is 5. The van der Waals surface area contributed by atoms with Gasteiger partial charge in [0.15, 0.2) is 0 Å². The number of benzene rings is 3. The molecule has 0 spiro atoms.